The lowest BCUT2D eigenvalue weighted by Crippen LogP contribution is -2.52. The van der Waals surface area contributed by atoms with Crippen LogP contribution in [0.4, 0.5) is 0 Å². The average Bonchev–Trinajstić information content (AvgIpc) is 2.46. The summed E-state index contributed by atoms with van der Waals surface area (Å²) in [5.74, 6) is 1.44. The summed E-state index contributed by atoms with van der Waals surface area (Å²) in [6.07, 6.45) is 13.6. The summed E-state index contributed by atoms with van der Waals surface area (Å²) < 4.78 is 0. The third-order valence-electron chi connectivity index (χ3n) is 7.38. The van der Waals surface area contributed by atoms with E-state index in [1.165, 1.54) is 44.9 Å². The summed E-state index contributed by atoms with van der Waals surface area (Å²) in [4.78, 5) is 0. The van der Waals surface area contributed by atoms with E-state index in [0.717, 1.165) is 5.92 Å². The molecule has 0 aromatic rings. The number of hydrogen-bond donors (Lipinski definition) is 1. The molecule has 3 aliphatic carbocycles. The fourth-order valence-electron chi connectivity index (χ4n) is 6.01. The number of hydrogen-bond acceptors (Lipinski definition) is 1. The topological polar surface area (TPSA) is 20.2 Å². The van der Waals surface area contributed by atoms with E-state index >= 15 is 0 Å². The summed E-state index contributed by atoms with van der Waals surface area (Å²) in [7, 11) is 0. The van der Waals surface area contributed by atoms with Crippen LogP contribution in [0.2, 0.25) is 0 Å². The van der Waals surface area contributed by atoms with Crippen LogP contribution < -0.4 is 0 Å². The molecule has 1 nitrogen and oxygen atoms in total. The van der Waals surface area contributed by atoms with Gasteiger partial charge in [0.15, 0.2) is 0 Å². The molecule has 1 heteroatoms. The number of rotatable bonds is 2. The second kappa shape index (κ2) is 4.98. The van der Waals surface area contributed by atoms with Crippen molar-refractivity contribution in [1.29, 1.82) is 0 Å². The van der Waals surface area contributed by atoms with E-state index in [-0.39, 0.29) is 10.8 Å². The van der Waals surface area contributed by atoms with E-state index in [0.29, 0.717) is 17.9 Å². The SMILES string of the molecule is C=C[C@]1(C)C=C2CC[C@H]3C(C)(CCC[C@@]3(C)CO)[C@@H]2CC1. The molecule has 5 atom stereocenters. The van der Waals surface area contributed by atoms with Gasteiger partial charge in [0.2, 0.25) is 0 Å². The van der Waals surface area contributed by atoms with Crippen LogP contribution >= 0.6 is 0 Å². The quantitative estimate of drug-likeness (QED) is 0.700. The maximum atomic E-state index is 9.99. The Bertz CT molecular complexity index is 464. The van der Waals surface area contributed by atoms with Gasteiger partial charge in [0.1, 0.15) is 0 Å². The molecule has 0 aromatic heterocycles. The lowest BCUT2D eigenvalue weighted by Gasteiger charge is -2.60. The molecule has 0 spiro atoms. The first-order valence-electron chi connectivity index (χ1n) is 8.83. The van der Waals surface area contributed by atoms with E-state index in [1.54, 1.807) is 5.57 Å². The fraction of sp³-hybridized carbons (Fsp3) is 0.800. The number of aliphatic hydroxyl groups excluding tert-OH is 1. The van der Waals surface area contributed by atoms with E-state index in [2.05, 4.69) is 39.5 Å². The molecule has 2 saturated carbocycles. The van der Waals surface area contributed by atoms with Crippen molar-refractivity contribution in [3.8, 4) is 0 Å². The van der Waals surface area contributed by atoms with Crippen LogP contribution in [0.5, 0.6) is 0 Å². The molecule has 2 fully saturated rings. The zero-order valence-electron chi connectivity index (χ0n) is 14.1. The van der Waals surface area contributed by atoms with Crippen LogP contribution in [0.3, 0.4) is 0 Å². The Balaban J connectivity index is 1.96. The minimum absolute atomic E-state index is 0.151. The summed E-state index contributed by atoms with van der Waals surface area (Å²) in [5, 5.41) is 9.99. The van der Waals surface area contributed by atoms with Gasteiger partial charge in [0.25, 0.3) is 0 Å². The van der Waals surface area contributed by atoms with Crippen molar-refractivity contribution >= 4 is 0 Å². The fourth-order valence-corrected chi connectivity index (χ4v) is 6.01. The predicted octanol–water partition coefficient (Wildman–Crippen LogP) is 5.11. The molecule has 0 heterocycles. The second-order valence-corrected chi connectivity index (χ2v) is 8.78. The molecule has 0 aromatic carbocycles. The van der Waals surface area contributed by atoms with Crippen LogP contribution in [0.15, 0.2) is 24.3 Å². The molecule has 0 radical (unpaired) electrons. The Morgan fingerprint density at radius 3 is 2.67 bits per heavy atom. The van der Waals surface area contributed by atoms with E-state index in [1.807, 2.05) is 0 Å². The first-order chi connectivity index (χ1) is 9.87. The van der Waals surface area contributed by atoms with Gasteiger partial charge in [-0.2, -0.15) is 0 Å². The maximum Gasteiger partial charge on any atom is 0.0487 e. The molecule has 0 aliphatic heterocycles. The first-order valence-corrected chi connectivity index (χ1v) is 8.83. The zero-order chi connectivity index (χ0) is 15.3. The largest absolute Gasteiger partial charge is 0.396 e. The summed E-state index contributed by atoms with van der Waals surface area (Å²) in [6.45, 7) is 11.6. The molecule has 3 rings (SSSR count). The molecule has 0 bridgehead atoms. The van der Waals surface area contributed by atoms with Crippen LogP contribution in [-0.2, 0) is 0 Å². The Morgan fingerprint density at radius 1 is 1.24 bits per heavy atom. The lowest BCUT2D eigenvalue weighted by molar-refractivity contribution is -0.0892. The normalized spacial score (nSPS) is 49.8. The van der Waals surface area contributed by atoms with Crippen LogP contribution in [0, 0.1) is 28.1 Å². The summed E-state index contributed by atoms with van der Waals surface area (Å²) >= 11 is 0. The van der Waals surface area contributed by atoms with E-state index in [4.69, 9.17) is 0 Å². The van der Waals surface area contributed by atoms with Gasteiger partial charge in [0.05, 0.1) is 0 Å². The van der Waals surface area contributed by atoms with E-state index < -0.39 is 0 Å². The zero-order valence-corrected chi connectivity index (χ0v) is 14.1. The van der Waals surface area contributed by atoms with Crippen molar-refractivity contribution in [2.75, 3.05) is 6.61 Å². The molecule has 0 amide bonds. The molecule has 0 saturated heterocycles. The molecule has 1 unspecified atom stereocenters. The first kappa shape index (κ1) is 15.3. The Labute approximate surface area is 130 Å². The Kier molecular flexibility index (Phi) is 3.64. The molecule has 21 heavy (non-hydrogen) atoms. The highest BCUT2D eigenvalue weighted by Crippen LogP contribution is 2.63. The van der Waals surface area contributed by atoms with Crippen molar-refractivity contribution in [2.45, 2.75) is 65.7 Å². The lowest BCUT2D eigenvalue weighted by atomic mass is 9.45. The van der Waals surface area contributed by atoms with Gasteiger partial charge in [-0.15, -0.1) is 6.58 Å². The Morgan fingerprint density at radius 2 is 2.00 bits per heavy atom. The van der Waals surface area contributed by atoms with Gasteiger partial charge in [-0.25, -0.2) is 0 Å². The molecular formula is C20H32O. The third kappa shape index (κ3) is 2.23. The van der Waals surface area contributed by atoms with Gasteiger partial charge in [-0.05, 0) is 61.2 Å². The molecule has 3 aliphatic rings. The van der Waals surface area contributed by atoms with Crippen LogP contribution in [-0.4, -0.2) is 11.7 Å². The standard InChI is InChI=1S/C20H32O/c1-5-18(2)12-9-16-15(13-18)7-8-17-19(3,14-21)10-6-11-20(16,17)4/h5,13,16-17,21H,1,6-12,14H2,2-4H3/t16-,17-,18+,19+,20?/m1/s1. The third-order valence-corrected chi connectivity index (χ3v) is 7.38. The number of fused-ring (bicyclic) bond motifs is 3. The summed E-state index contributed by atoms with van der Waals surface area (Å²) in [5.41, 5.74) is 2.47. The van der Waals surface area contributed by atoms with Gasteiger partial charge in [-0.3, -0.25) is 0 Å². The van der Waals surface area contributed by atoms with Crippen LogP contribution in [0.1, 0.15) is 65.7 Å². The van der Waals surface area contributed by atoms with Crippen molar-refractivity contribution < 1.29 is 5.11 Å². The van der Waals surface area contributed by atoms with Crippen molar-refractivity contribution in [1.82, 2.24) is 0 Å². The van der Waals surface area contributed by atoms with Gasteiger partial charge >= 0.3 is 0 Å². The highest BCUT2D eigenvalue weighted by Gasteiger charge is 2.55. The highest BCUT2D eigenvalue weighted by atomic mass is 16.3. The second-order valence-electron chi connectivity index (χ2n) is 8.78. The minimum Gasteiger partial charge on any atom is -0.396 e. The van der Waals surface area contributed by atoms with Gasteiger partial charge < -0.3 is 5.11 Å². The number of allylic oxidation sites excluding steroid dienone is 3. The average molecular weight is 288 g/mol. The number of aliphatic hydroxyl groups is 1. The molecule has 118 valence electrons. The molecule has 1 N–H and O–H groups in total. The van der Waals surface area contributed by atoms with Gasteiger partial charge in [-0.1, -0.05) is 44.9 Å². The molecular weight excluding hydrogens is 256 g/mol. The predicted molar refractivity (Wildman–Crippen MR) is 89.0 cm³/mol. The smallest absolute Gasteiger partial charge is 0.0487 e. The van der Waals surface area contributed by atoms with Crippen molar-refractivity contribution in [3.05, 3.63) is 24.3 Å². The van der Waals surface area contributed by atoms with Crippen molar-refractivity contribution in [3.63, 3.8) is 0 Å². The van der Waals surface area contributed by atoms with Gasteiger partial charge in [0, 0.05) is 12.0 Å². The minimum atomic E-state index is 0.151. The monoisotopic (exact) mass is 288 g/mol. The highest BCUT2D eigenvalue weighted by molar-refractivity contribution is 5.26. The Hall–Kier alpha value is -0.560. The van der Waals surface area contributed by atoms with Crippen molar-refractivity contribution in [2.24, 2.45) is 28.1 Å². The summed E-state index contributed by atoms with van der Waals surface area (Å²) in [6, 6.07) is 0. The van der Waals surface area contributed by atoms with E-state index in [9.17, 15) is 5.11 Å². The van der Waals surface area contributed by atoms with Crippen LogP contribution in [0.25, 0.3) is 0 Å². The maximum absolute atomic E-state index is 9.99.